The number of nitrogens with two attached hydrogens (primary N) is 1. The molecule has 0 aliphatic carbocycles. The normalized spacial score (nSPS) is 18.9. The number of aliphatic hydroxyl groups excluding tert-OH is 2. The number of nitriles is 1. The van der Waals surface area contributed by atoms with Crippen molar-refractivity contribution in [1.82, 2.24) is 45.5 Å². The number of anilines is 2. The second kappa shape index (κ2) is 24.0. The van der Waals surface area contributed by atoms with E-state index >= 15 is 17.6 Å². The van der Waals surface area contributed by atoms with Crippen molar-refractivity contribution < 1.29 is 51.6 Å². The van der Waals surface area contributed by atoms with Crippen molar-refractivity contribution in [3.63, 3.8) is 0 Å². The van der Waals surface area contributed by atoms with Gasteiger partial charge in [0.2, 0.25) is 11.8 Å². The van der Waals surface area contributed by atoms with Crippen LogP contribution < -0.4 is 30.7 Å². The van der Waals surface area contributed by atoms with Gasteiger partial charge in [0.25, 0.3) is 0 Å². The first-order valence-corrected chi connectivity index (χ1v) is 28.7. The topological polar surface area (TPSA) is 252 Å². The number of methoxy groups -OCH3 is 1. The first-order valence-electron chi connectivity index (χ1n) is 27.9. The summed E-state index contributed by atoms with van der Waals surface area (Å²) in [6.45, 7) is 7.45. The quantitative estimate of drug-likeness (QED) is 0.0504. The van der Waals surface area contributed by atoms with Crippen LogP contribution in [0.25, 0.3) is 54.5 Å². The number of piperazine rings is 1. The number of rotatable bonds is 18. The predicted molar refractivity (Wildman–Crippen MR) is 311 cm³/mol. The molecule has 85 heavy (non-hydrogen) atoms. The number of nitrogen functional groups attached to an aromatic ring is 1. The molecule has 3 saturated heterocycles. The minimum atomic E-state index is -5.04. The molecular formula is C61H62F4N12O7S. The lowest BCUT2D eigenvalue weighted by Gasteiger charge is -2.34. The van der Waals surface area contributed by atoms with Crippen molar-refractivity contribution in [2.45, 2.75) is 102 Å². The number of hydrogen-bond donors (Lipinski definition) is 5. The van der Waals surface area contributed by atoms with Crippen molar-refractivity contribution in [3.8, 4) is 51.3 Å². The van der Waals surface area contributed by atoms with Crippen LogP contribution in [0.3, 0.4) is 0 Å². The van der Waals surface area contributed by atoms with Gasteiger partial charge in [-0.25, -0.2) is 9.07 Å². The molecule has 3 aliphatic heterocycles. The molecule has 7 atom stereocenters. The van der Waals surface area contributed by atoms with Crippen LogP contribution in [0.4, 0.5) is 28.4 Å². The third-order valence-electron chi connectivity index (χ3n) is 16.1. The maximum Gasteiger partial charge on any atom is 0.417 e. The first-order chi connectivity index (χ1) is 40.8. The minimum Gasteiger partial charge on any atom is -0.486 e. The third kappa shape index (κ3) is 11.7. The van der Waals surface area contributed by atoms with E-state index in [4.69, 9.17) is 29.9 Å². The van der Waals surface area contributed by atoms with Crippen LogP contribution in [-0.2, 0) is 27.1 Å². The number of alkyl halides is 3. The Kier molecular flexibility index (Phi) is 16.5. The number of carbonyl (C=O) groups is 2. The number of pyridine rings is 1. The summed E-state index contributed by atoms with van der Waals surface area (Å²) in [6.07, 6.45) is 0.360. The lowest BCUT2D eigenvalue weighted by atomic mass is 9.92. The summed E-state index contributed by atoms with van der Waals surface area (Å²) in [5.74, 6) is -2.27. The standard InChI is InChI=1S/C61H62F4N12O7S/c1-31(2)53(59(81)76-26-40(79)20-49(76)58(80)70-48(28-78)37-12-10-35(11-13-37)44-23-68-19-18-32(44)3)77-27-47(73-74-77)36-8-6-34(7-9-36)30-83-54-51(41-16-17-46(62)55-50(41)43(22-66)56(67)85-55)45(61(63,64)65)21-42-52(54)71-60(84-29-33(4)82-5)72-57(42)75-24-38-14-15-39(25-75)69-38/h6-13,16-19,21,23,27,31,33,38-40,48-49,53,69,78-79H,14-15,20,24-26,28-30,67H2,1-5H3,(H,70,80)/t33-,38?,39?,40+,48-,49-,53-/m0/s1. The summed E-state index contributed by atoms with van der Waals surface area (Å²) in [5, 5.41) is 46.7. The van der Waals surface area contributed by atoms with E-state index in [1.54, 1.807) is 49.8 Å². The maximum atomic E-state index is 16.0. The van der Waals surface area contributed by atoms with Crippen LogP contribution >= 0.6 is 11.3 Å². The van der Waals surface area contributed by atoms with E-state index in [2.05, 4.69) is 25.9 Å². The van der Waals surface area contributed by atoms with Gasteiger partial charge in [-0.1, -0.05) is 73.7 Å². The van der Waals surface area contributed by atoms with Gasteiger partial charge in [-0.15, -0.1) is 16.4 Å². The summed E-state index contributed by atoms with van der Waals surface area (Å²) < 4.78 is 83.0. The summed E-state index contributed by atoms with van der Waals surface area (Å²) in [6, 6.07) is 18.5. The molecule has 0 saturated carbocycles. The molecule has 0 spiro atoms. The Labute approximate surface area is 490 Å². The van der Waals surface area contributed by atoms with Crippen LogP contribution in [0.5, 0.6) is 11.8 Å². The van der Waals surface area contributed by atoms with Gasteiger partial charge in [-0.05, 0) is 78.6 Å². The average Bonchev–Trinajstić information content (AvgIpc) is 2.65. The fourth-order valence-electron chi connectivity index (χ4n) is 11.7. The molecule has 7 heterocycles. The lowest BCUT2D eigenvalue weighted by molar-refractivity contribution is -0.142. The maximum absolute atomic E-state index is 16.0. The summed E-state index contributed by atoms with van der Waals surface area (Å²) in [7, 11) is 1.51. The Balaban J connectivity index is 0.893. The molecule has 4 aromatic heterocycles. The van der Waals surface area contributed by atoms with Crippen molar-refractivity contribution in [2.24, 2.45) is 5.92 Å². The fraction of sp³-hybridized carbons (Fsp3) is 0.377. The molecule has 3 aliphatic rings. The fourth-order valence-corrected chi connectivity index (χ4v) is 12.6. The molecule has 0 radical (unpaired) electrons. The van der Waals surface area contributed by atoms with E-state index in [1.165, 1.54) is 22.8 Å². The molecule has 11 rings (SSSR count). The van der Waals surface area contributed by atoms with Crippen molar-refractivity contribution >= 4 is 55.0 Å². The Bertz CT molecular complexity index is 3840. The zero-order valence-electron chi connectivity index (χ0n) is 47.1. The monoisotopic (exact) mass is 1180 g/mol. The number of fused-ring (bicyclic) bond motifs is 4. The number of β-amino-alcohol motifs (C(OH)–C–C–N with tert-alkyl or cyclic N) is 1. The first kappa shape index (κ1) is 58.4. The van der Waals surface area contributed by atoms with Gasteiger partial charge in [-0.3, -0.25) is 14.6 Å². The molecule has 2 unspecified atom stereocenters. The number of halogens is 4. The van der Waals surface area contributed by atoms with Gasteiger partial charge in [0.1, 0.15) is 59.2 Å². The molecule has 3 fully saturated rings. The molecule has 6 N–H and O–H groups in total. The van der Waals surface area contributed by atoms with Gasteiger partial charge in [0.15, 0.2) is 5.75 Å². The van der Waals surface area contributed by atoms with Crippen molar-refractivity contribution in [1.29, 1.82) is 5.26 Å². The number of nitrogens with zero attached hydrogens (tertiary/aromatic N) is 9. The highest BCUT2D eigenvalue weighted by atomic mass is 32.1. The molecule has 2 amide bonds. The van der Waals surface area contributed by atoms with Gasteiger partial charge in [0, 0.05) is 85.1 Å². The zero-order valence-corrected chi connectivity index (χ0v) is 47.9. The minimum absolute atomic E-state index is 0.00440. The second-order valence-electron chi connectivity index (χ2n) is 22.2. The molecule has 8 aromatic rings. The Morgan fingerprint density at radius 2 is 1.71 bits per heavy atom. The molecule has 24 heteroatoms. The van der Waals surface area contributed by atoms with E-state index in [9.17, 15) is 25.1 Å². The second-order valence-corrected chi connectivity index (χ2v) is 23.3. The number of aryl methyl sites for hydroxylation is 1. The molecule has 442 valence electrons. The summed E-state index contributed by atoms with van der Waals surface area (Å²) in [5.41, 5.74) is 9.22. The number of carbonyl (C=O) groups excluding carboxylic acids is 2. The van der Waals surface area contributed by atoms with E-state index in [0.717, 1.165) is 53.0 Å². The number of benzene rings is 4. The molecule has 19 nitrogen and oxygen atoms in total. The number of nitrogens with one attached hydrogen (secondary N) is 2. The van der Waals surface area contributed by atoms with Gasteiger partial charge in [0.05, 0.1) is 46.9 Å². The van der Waals surface area contributed by atoms with E-state index in [-0.39, 0.29) is 98.9 Å². The van der Waals surface area contributed by atoms with Gasteiger partial charge < -0.3 is 50.6 Å². The highest BCUT2D eigenvalue weighted by Crippen LogP contribution is 2.52. The average molecular weight is 1180 g/mol. The van der Waals surface area contributed by atoms with E-state index in [0.29, 0.717) is 35.5 Å². The summed E-state index contributed by atoms with van der Waals surface area (Å²) >= 11 is 0.753. The number of amides is 2. The number of aliphatic hydroxyl groups is 2. The van der Waals surface area contributed by atoms with Crippen LogP contribution in [0.2, 0.25) is 0 Å². The van der Waals surface area contributed by atoms with E-state index < -0.39 is 71.9 Å². The molecular weight excluding hydrogens is 1120 g/mol. The Hall–Kier alpha value is -8.34. The van der Waals surface area contributed by atoms with Crippen LogP contribution in [0, 0.1) is 30.0 Å². The van der Waals surface area contributed by atoms with Crippen molar-refractivity contribution in [3.05, 3.63) is 125 Å². The number of hydrogen-bond acceptors (Lipinski definition) is 17. The van der Waals surface area contributed by atoms with Crippen LogP contribution in [-0.4, -0.2) is 127 Å². The number of aromatic nitrogens is 6. The van der Waals surface area contributed by atoms with Gasteiger partial charge >= 0.3 is 12.2 Å². The number of ether oxygens (including phenoxy) is 3. The lowest BCUT2D eigenvalue weighted by Crippen LogP contribution is -2.51. The SMILES string of the molecule is CO[C@@H](C)COc1nc(N2CC3CCC(C2)N3)c2cc(C(F)(F)F)c(-c3ccc(F)c4sc(N)c(C#N)c34)c(OCc3ccc(-c4cn([C@H](C(=O)N5C[C@H](O)C[C@H]5C(=O)N[C@@H](CO)c5ccc(-c6cnccc6C)cc5)C(C)C)nn4)cc3)c2n1. The van der Waals surface area contributed by atoms with Crippen LogP contribution in [0.1, 0.15) is 79.9 Å². The third-order valence-corrected chi connectivity index (χ3v) is 17.1. The Morgan fingerprint density at radius 3 is 2.38 bits per heavy atom. The zero-order chi connectivity index (χ0) is 60.0. The Morgan fingerprint density at radius 1 is 0.976 bits per heavy atom. The summed E-state index contributed by atoms with van der Waals surface area (Å²) in [4.78, 5) is 45.7. The number of thiophene rings is 1. The van der Waals surface area contributed by atoms with Gasteiger partial charge in [-0.2, -0.15) is 28.4 Å². The predicted octanol–water partition coefficient (Wildman–Crippen LogP) is 8.69. The van der Waals surface area contributed by atoms with E-state index in [1.807, 2.05) is 62.1 Å². The molecule has 2 bridgehead atoms. The van der Waals surface area contributed by atoms with Crippen LogP contribution in [0.15, 0.2) is 91.4 Å². The highest BCUT2D eigenvalue weighted by molar-refractivity contribution is 7.23. The number of likely N-dealkylation sites (tertiary alicyclic amines) is 1. The van der Waals surface area contributed by atoms with Crippen molar-refractivity contribution in [2.75, 3.05) is 50.6 Å². The highest BCUT2D eigenvalue weighted by Gasteiger charge is 2.44. The largest absolute Gasteiger partial charge is 0.486 e. The smallest absolute Gasteiger partial charge is 0.417 e. The molecule has 4 aromatic carbocycles.